The number of nitrogens with zero attached hydrogens (tertiary/aromatic N) is 3. The molecule has 1 aromatic rings. The number of hydrogen-bond acceptors (Lipinski definition) is 3. The summed E-state index contributed by atoms with van der Waals surface area (Å²) in [7, 11) is 0. The van der Waals surface area contributed by atoms with E-state index in [-0.39, 0.29) is 0 Å². The molecule has 0 aliphatic carbocycles. The SMILES string of the molecule is CCC1(C)CCN(c2cc(Br)nc(C)n2)CC1. The highest BCUT2D eigenvalue weighted by Crippen LogP contribution is 2.35. The van der Waals surface area contributed by atoms with Gasteiger partial charge in [0.05, 0.1) is 0 Å². The minimum atomic E-state index is 0.524. The molecule has 1 aliphatic heterocycles. The first kappa shape index (κ1) is 12.8. The van der Waals surface area contributed by atoms with E-state index >= 15 is 0 Å². The summed E-state index contributed by atoms with van der Waals surface area (Å²) in [5, 5.41) is 0. The Morgan fingerprint density at radius 2 is 2.00 bits per heavy atom. The molecule has 2 rings (SSSR count). The molecule has 0 unspecified atom stereocenters. The summed E-state index contributed by atoms with van der Waals surface area (Å²) in [6, 6.07) is 2.02. The molecule has 0 bridgehead atoms. The maximum atomic E-state index is 4.52. The Kier molecular flexibility index (Phi) is 3.71. The standard InChI is InChI=1S/C13H20BrN3/c1-4-13(3)5-7-17(8-6-13)12-9-11(14)15-10(2)16-12/h9H,4-8H2,1-3H3. The Hall–Kier alpha value is -0.640. The average Bonchev–Trinajstić information content (AvgIpc) is 2.29. The van der Waals surface area contributed by atoms with Crippen molar-refractivity contribution in [1.82, 2.24) is 9.97 Å². The molecule has 17 heavy (non-hydrogen) atoms. The Morgan fingerprint density at radius 3 is 2.53 bits per heavy atom. The highest BCUT2D eigenvalue weighted by Gasteiger charge is 2.28. The molecule has 1 aromatic heterocycles. The molecule has 0 spiro atoms. The second-order valence-corrected chi connectivity index (χ2v) is 6.06. The van der Waals surface area contributed by atoms with Crippen LogP contribution >= 0.6 is 15.9 Å². The van der Waals surface area contributed by atoms with E-state index in [1.807, 2.05) is 13.0 Å². The average molecular weight is 298 g/mol. The number of piperidine rings is 1. The van der Waals surface area contributed by atoms with Crippen molar-refractivity contribution in [3.63, 3.8) is 0 Å². The van der Waals surface area contributed by atoms with E-state index in [2.05, 4.69) is 44.6 Å². The molecule has 0 saturated carbocycles. The van der Waals surface area contributed by atoms with E-state index in [1.165, 1.54) is 19.3 Å². The zero-order chi connectivity index (χ0) is 12.5. The van der Waals surface area contributed by atoms with Gasteiger partial charge in [-0.2, -0.15) is 0 Å². The van der Waals surface area contributed by atoms with Crippen molar-refractivity contribution in [3.05, 3.63) is 16.5 Å². The summed E-state index contributed by atoms with van der Waals surface area (Å²) in [5.41, 5.74) is 0.524. The lowest BCUT2D eigenvalue weighted by atomic mass is 9.78. The van der Waals surface area contributed by atoms with Gasteiger partial charge in [-0.25, -0.2) is 9.97 Å². The van der Waals surface area contributed by atoms with Crippen LogP contribution in [0.1, 0.15) is 38.9 Å². The largest absolute Gasteiger partial charge is 0.356 e. The van der Waals surface area contributed by atoms with E-state index in [9.17, 15) is 0 Å². The zero-order valence-electron chi connectivity index (χ0n) is 10.8. The van der Waals surface area contributed by atoms with Crippen LogP contribution in [0.2, 0.25) is 0 Å². The first-order chi connectivity index (χ1) is 8.02. The fraction of sp³-hybridized carbons (Fsp3) is 0.692. The Morgan fingerprint density at radius 1 is 1.35 bits per heavy atom. The molecule has 0 aromatic carbocycles. The lowest BCUT2D eigenvalue weighted by Gasteiger charge is -2.39. The first-order valence-electron chi connectivity index (χ1n) is 6.28. The summed E-state index contributed by atoms with van der Waals surface area (Å²) in [6.45, 7) is 8.83. The van der Waals surface area contributed by atoms with Crippen molar-refractivity contribution in [3.8, 4) is 0 Å². The summed E-state index contributed by atoms with van der Waals surface area (Å²) < 4.78 is 0.879. The molecular weight excluding hydrogens is 278 g/mol. The van der Waals surface area contributed by atoms with Crippen molar-refractivity contribution in [1.29, 1.82) is 0 Å². The van der Waals surface area contributed by atoms with Crippen LogP contribution in [-0.4, -0.2) is 23.1 Å². The normalized spacial score (nSPS) is 19.4. The van der Waals surface area contributed by atoms with Crippen LogP contribution in [0.4, 0.5) is 5.82 Å². The van der Waals surface area contributed by atoms with Gasteiger partial charge in [-0.3, -0.25) is 0 Å². The lowest BCUT2D eigenvalue weighted by Crippen LogP contribution is -2.38. The topological polar surface area (TPSA) is 29.0 Å². The number of rotatable bonds is 2. The van der Waals surface area contributed by atoms with E-state index in [0.717, 1.165) is 29.3 Å². The molecule has 1 fully saturated rings. The lowest BCUT2D eigenvalue weighted by molar-refractivity contribution is 0.237. The fourth-order valence-electron chi connectivity index (χ4n) is 2.31. The molecule has 1 saturated heterocycles. The second-order valence-electron chi connectivity index (χ2n) is 5.25. The molecule has 0 radical (unpaired) electrons. The molecule has 94 valence electrons. The molecule has 0 atom stereocenters. The highest BCUT2D eigenvalue weighted by molar-refractivity contribution is 9.10. The van der Waals surface area contributed by atoms with E-state index < -0.39 is 0 Å². The number of hydrogen-bond donors (Lipinski definition) is 0. The fourth-order valence-corrected chi connectivity index (χ4v) is 2.77. The van der Waals surface area contributed by atoms with Crippen molar-refractivity contribution < 1.29 is 0 Å². The maximum Gasteiger partial charge on any atom is 0.133 e. The minimum absolute atomic E-state index is 0.524. The number of aromatic nitrogens is 2. The maximum absolute atomic E-state index is 4.52. The van der Waals surface area contributed by atoms with Crippen molar-refractivity contribution >= 4 is 21.7 Å². The Bertz CT molecular complexity index is 377. The molecule has 0 N–H and O–H groups in total. The third-order valence-corrected chi connectivity index (χ3v) is 4.35. The van der Waals surface area contributed by atoms with Crippen molar-refractivity contribution in [2.24, 2.45) is 5.41 Å². The minimum Gasteiger partial charge on any atom is -0.356 e. The third kappa shape index (κ3) is 2.97. The second kappa shape index (κ2) is 4.92. The van der Waals surface area contributed by atoms with Crippen LogP contribution in [0.25, 0.3) is 0 Å². The van der Waals surface area contributed by atoms with Crippen molar-refractivity contribution in [2.75, 3.05) is 18.0 Å². The molecule has 1 aliphatic rings. The molecule has 2 heterocycles. The molecule has 0 amide bonds. The van der Waals surface area contributed by atoms with Gasteiger partial charge in [-0.15, -0.1) is 0 Å². The molecular formula is C13H20BrN3. The van der Waals surface area contributed by atoms with Gasteiger partial charge in [0, 0.05) is 19.2 Å². The Balaban J connectivity index is 2.10. The van der Waals surface area contributed by atoms with Crippen LogP contribution in [-0.2, 0) is 0 Å². The van der Waals surface area contributed by atoms with Gasteiger partial charge in [-0.05, 0) is 41.1 Å². The van der Waals surface area contributed by atoms with Gasteiger partial charge in [0.2, 0.25) is 0 Å². The van der Waals surface area contributed by atoms with Crippen LogP contribution in [0.15, 0.2) is 10.7 Å². The van der Waals surface area contributed by atoms with Crippen LogP contribution in [0, 0.1) is 12.3 Å². The van der Waals surface area contributed by atoms with Crippen molar-refractivity contribution in [2.45, 2.75) is 40.0 Å². The monoisotopic (exact) mass is 297 g/mol. The highest BCUT2D eigenvalue weighted by atomic mass is 79.9. The van der Waals surface area contributed by atoms with Gasteiger partial charge < -0.3 is 4.90 Å². The van der Waals surface area contributed by atoms with E-state index in [0.29, 0.717) is 5.41 Å². The molecule has 4 heteroatoms. The predicted molar refractivity (Wildman–Crippen MR) is 74.3 cm³/mol. The molecule has 3 nitrogen and oxygen atoms in total. The summed E-state index contributed by atoms with van der Waals surface area (Å²) in [4.78, 5) is 11.1. The van der Waals surface area contributed by atoms with Gasteiger partial charge >= 0.3 is 0 Å². The van der Waals surface area contributed by atoms with Gasteiger partial charge in [0.15, 0.2) is 0 Å². The van der Waals surface area contributed by atoms with Crippen LogP contribution in [0.5, 0.6) is 0 Å². The summed E-state index contributed by atoms with van der Waals surface area (Å²) in [6.07, 6.45) is 3.78. The Labute approximate surface area is 112 Å². The third-order valence-electron chi connectivity index (χ3n) is 3.94. The number of halogens is 1. The summed E-state index contributed by atoms with van der Waals surface area (Å²) >= 11 is 3.44. The van der Waals surface area contributed by atoms with E-state index in [4.69, 9.17) is 0 Å². The number of aryl methyl sites for hydroxylation is 1. The van der Waals surface area contributed by atoms with Gasteiger partial charge in [-0.1, -0.05) is 20.3 Å². The van der Waals surface area contributed by atoms with Gasteiger partial charge in [0.25, 0.3) is 0 Å². The van der Waals surface area contributed by atoms with E-state index in [1.54, 1.807) is 0 Å². The predicted octanol–water partition coefficient (Wildman–Crippen LogP) is 3.56. The smallest absolute Gasteiger partial charge is 0.133 e. The van der Waals surface area contributed by atoms with Gasteiger partial charge in [0.1, 0.15) is 16.2 Å². The number of anilines is 1. The summed E-state index contributed by atoms with van der Waals surface area (Å²) in [5.74, 6) is 1.89. The zero-order valence-corrected chi connectivity index (χ0v) is 12.4. The van der Waals surface area contributed by atoms with Crippen LogP contribution in [0.3, 0.4) is 0 Å². The quantitative estimate of drug-likeness (QED) is 0.782. The van der Waals surface area contributed by atoms with Crippen LogP contribution < -0.4 is 4.90 Å². The first-order valence-corrected chi connectivity index (χ1v) is 7.08.